The fourth-order valence-electron chi connectivity index (χ4n) is 12.1. The number of ether oxygens (including phenoxy) is 6. The number of carbonyl (C=O) groups is 8. The first kappa shape index (κ1) is 72.5. The van der Waals surface area contributed by atoms with E-state index in [0.717, 1.165) is 66.7 Å². The van der Waals surface area contributed by atoms with E-state index in [-0.39, 0.29) is 40.3 Å². The number of hydrogen-bond donors (Lipinski definition) is 19. The van der Waals surface area contributed by atoms with Gasteiger partial charge in [0.15, 0.2) is 29.9 Å². The lowest BCUT2D eigenvalue weighted by atomic mass is 9.86. The molecule has 35 heteroatoms. The molecular formula is C64H71Cl2N9O24. The van der Waals surface area contributed by atoms with E-state index >= 15 is 14.4 Å². The smallest absolute Gasteiger partial charge is 0.330 e. The van der Waals surface area contributed by atoms with E-state index in [1.807, 2.05) is 0 Å². The summed E-state index contributed by atoms with van der Waals surface area (Å²) >= 11 is 14.0. The van der Waals surface area contributed by atoms with Gasteiger partial charge in [0.25, 0.3) is 0 Å². The van der Waals surface area contributed by atoms with Gasteiger partial charge in [0.1, 0.15) is 89.5 Å². The molecule has 7 heterocycles. The second-order valence-electron chi connectivity index (χ2n) is 24.6. The van der Waals surface area contributed by atoms with E-state index in [1.54, 1.807) is 6.92 Å². The summed E-state index contributed by atoms with van der Waals surface area (Å²) in [6.45, 7) is 3.73. The maximum absolute atomic E-state index is 16.0. The first-order chi connectivity index (χ1) is 46.8. The first-order valence-corrected chi connectivity index (χ1v) is 31.6. The number of primary amides is 1. The Morgan fingerprint density at radius 3 is 1.92 bits per heavy atom. The summed E-state index contributed by atoms with van der Waals surface area (Å²) in [4.78, 5) is 116. The summed E-state index contributed by atoms with van der Waals surface area (Å²) in [5, 5.41) is 127. The molecule has 0 saturated carbocycles. The Kier molecular flexibility index (Phi) is 21.5. The predicted octanol–water partition coefficient (Wildman–Crippen LogP) is -0.400. The van der Waals surface area contributed by atoms with Gasteiger partial charge in [-0.1, -0.05) is 54.7 Å². The molecule has 2 fully saturated rings. The van der Waals surface area contributed by atoms with Crippen LogP contribution in [0.15, 0.2) is 78.9 Å². The Balaban J connectivity index is 1.24. The van der Waals surface area contributed by atoms with Gasteiger partial charge in [-0.25, -0.2) is 4.79 Å². The molecule has 7 aliphatic heterocycles. The second-order valence-corrected chi connectivity index (χ2v) is 25.5. The van der Waals surface area contributed by atoms with Crippen LogP contribution in [0.25, 0.3) is 11.1 Å². The number of carboxylic acids is 1. The highest BCUT2D eigenvalue weighted by Crippen LogP contribution is 2.50. The molecule has 5 aromatic rings. The maximum atomic E-state index is 16.0. The van der Waals surface area contributed by atoms with Crippen molar-refractivity contribution in [2.45, 2.75) is 156 Å². The van der Waals surface area contributed by atoms with Crippen LogP contribution in [0.2, 0.25) is 10.0 Å². The van der Waals surface area contributed by atoms with Crippen LogP contribution in [-0.2, 0) is 52.6 Å². The minimum absolute atomic E-state index is 0.0880. The molecule has 7 aliphatic rings. The van der Waals surface area contributed by atoms with E-state index in [2.05, 4.69) is 31.9 Å². The summed E-state index contributed by atoms with van der Waals surface area (Å²) in [6, 6.07) is -1.14. The molecule has 5 aromatic carbocycles. The summed E-state index contributed by atoms with van der Waals surface area (Å²) < 4.78 is 38.2. The van der Waals surface area contributed by atoms with Crippen molar-refractivity contribution in [3.63, 3.8) is 0 Å². The van der Waals surface area contributed by atoms with Gasteiger partial charge >= 0.3 is 5.97 Å². The Hall–Kier alpha value is -9.20. The van der Waals surface area contributed by atoms with Gasteiger partial charge in [-0.2, -0.15) is 0 Å². The van der Waals surface area contributed by atoms with Crippen molar-refractivity contribution < 1.29 is 118 Å². The van der Waals surface area contributed by atoms with E-state index < -0.39 is 237 Å². The molecule has 22 N–H and O–H groups in total. The van der Waals surface area contributed by atoms with Gasteiger partial charge in [0, 0.05) is 34.7 Å². The SMILES string of the molecule is CCC[C@@H](N)C(=O)N[C@H]1C(=O)N[C@@H](CC(N)=O)C(=O)N[C@H]2C(=O)N[C@H]3C(=O)N[C@H](C(=O)N[C@H](C(=O)O)c4cc(O)cc(O)c4-c4cc3ccc4O)[C@H](O)c3ccc(c(Cl)c3)Oc3cc2cc(c3O[C@@H]2O[C@H](CO)[C@@H](O)[C@H](O)[C@H]2O[C@H]2C[C@](C)(N)[C@H](O)[C@H](C)O2)Oc2ccc(cc2Cl)[C@H]1O. The third-order valence-electron chi connectivity index (χ3n) is 17.3. The van der Waals surface area contributed by atoms with Crippen LogP contribution >= 0.6 is 23.2 Å². The van der Waals surface area contributed by atoms with Crippen molar-refractivity contribution in [2.24, 2.45) is 17.2 Å². The molecule has 0 unspecified atom stereocenters. The number of aliphatic hydroxyl groups excluding tert-OH is 6. The monoisotopic (exact) mass is 1420 g/mol. The van der Waals surface area contributed by atoms with Crippen LogP contribution in [0.5, 0.6) is 46.0 Å². The molecule has 2 saturated heterocycles. The molecule has 18 atom stereocenters. The zero-order chi connectivity index (χ0) is 72.0. The molecule has 0 aliphatic carbocycles. The predicted molar refractivity (Wildman–Crippen MR) is 340 cm³/mol. The average Bonchev–Trinajstić information content (AvgIpc) is 0.776. The third kappa shape index (κ3) is 15.2. The van der Waals surface area contributed by atoms with Gasteiger partial charge < -0.3 is 129 Å². The van der Waals surface area contributed by atoms with Crippen molar-refractivity contribution in [2.75, 3.05) is 6.61 Å². The number of carboxylic acid groups (broad SMARTS) is 1. The van der Waals surface area contributed by atoms with E-state index in [0.29, 0.717) is 6.42 Å². The lowest BCUT2D eigenvalue weighted by molar-refractivity contribution is -0.333. The minimum Gasteiger partial charge on any atom is -0.508 e. The Bertz CT molecular complexity index is 4020. The van der Waals surface area contributed by atoms with Crippen molar-refractivity contribution in [3.8, 4) is 57.1 Å². The molecule has 0 aromatic heterocycles. The average molecular weight is 1420 g/mol. The summed E-state index contributed by atoms with van der Waals surface area (Å²) in [5.41, 5.74) is 14.0. The molecule has 7 amide bonds. The van der Waals surface area contributed by atoms with Gasteiger partial charge in [0.2, 0.25) is 53.4 Å². The van der Waals surface area contributed by atoms with Crippen LogP contribution in [0.3, 0.4) is 0 Å². The number of carbonyl (C=O) groups excluding carboxylic acids is 7. The van der Waals surface area contributed by atoms with Crippen LogP contribution in [-0.4, -0.2) is 184 Å². The number of nitrogens with one attached hydrogen (secondary N) is 6. The Morgan fingerprint density at radius 1 is 0.717 bits per heavy atom. The number of fused-ring (bicyclic) bond motifs is 15. The number of amides is 7. The number of aromatic hydroxyl groups is 3. The molecular weight excluding hydrogens is 1350 g/mol. The standard InChI is InChI=1S/C64H71Cl2N9O24/c1-4-5-32(67)56(86)74-47-49(81)24-7-10-36(30(65)13-24)95-38-15-26-16-39(53(38)99-63-54(52(84)51(83)40(21-76)97-63)98-42-20-64(3,69)55(85)22(2)94-42)96-37-11-8-25(14-31(37)66)50(82)48-61(91)73-46(62(92)93)29-17-27(77)18-35(79)43(29)28-12-23(6-9-34(28)78)44(58(88)75-48)72-59(89)45(26)71-57(87)33(19-41(68)80)70-60(47)90/h6-18,22,32-33,40,42,44-52,54-55,63,76-79,81-85H,4-5,19-21,67,69H2,1-3H3,(H2,68,80)(H,70,90)(H,71,87)(H,72,89)(H,73,91)(H,74,86)(H,75,88)(H,92,93)/t22-,32+,33-,40+,42-,44+,45+,46-,47+,48-,49+,50+,51+,52-,54+,55+,63-,64-/m0/s1. The highest BCUT2D eigenvalue weighted by molar-refractivity contribution is 6.32. The second kappa shape index (κ2) is 29.3. The quantitative estimate of drug-likeness (QED) is 0.0755. The summed E-state index contributed by atoms with van der Waals surface area (Å²) in [6.07, 6.45) is -18.3. The third-order valence-corrected chi connectivity index (χ3v) is 17.9. The Labute approximate surface area is 571 Å². The van der Waals surface area contributed by atoms with Gasteiger partial charge in [-0.05, 0) is 97.1 Å². The number of phenolic OH excluding ortho intramolecular Hbond substituents is 3. The molecule has 530 valence electrons. The number of phenols is 3. The normalized spacial score (nSPS) is 29.7. The van der Waals surface area contributed by atoms with Crippen molar-refractivity contribution in [1.82, 2.24) is 31.9 Å². The number of rotatable bonds is 12. The van der Waals surface area contributed by atoms with Crippen molar-refractivity contribution in [3.05, 3.63) is 117 Å². The Morgan fingerprint density at radius 2 is 1.32 bits per heavy atom. The van der Waals surface area contributed by atoms with E-state index in [1.165, 1.54) is 26.0 Å². The van der Waals surface area contributed by atoms with Gasteiger partial charge in [0.05, 0.1) is 41.3 Å². The van der Waals surface area contributed by atoms with E-state index in [4.69, 9.17) is 68.8 Å². The maximum Gasteiger partial charge on any atom is 0.330 e. The highest BCUT2D eigenvalue weighted by Gasteiger charge is 2.51. The highest BCUT2D eigenvalue weighted by atomic mass is 35.5. The molecule has 0 radical (unpaired) electrons. The molecule has 0 spiro atoms. The molecule has 12 rings (SSSR count). The van der Waals surface area contributed by atoms with Crippen LogP contribution in [0, 0.1) is 0 Å². The van der Waals surface area contributed by atoms with Gasteiger partial charge in [-0.3, -0.25) is 33.6 Å². The molecule has 99 heavy (non-hydrogen) atoms. The van der Waals surface area contributed by atoms with Crippen molar-refractivity contribution in [1.29, 1.82) is 0 Å². The number of aliphatic carboxylic acids is 1. The first-order valence-electron chi connectivity index (χ1n) is 30.8. The minimum atomic E-state index is -2.35. The van der Waals surface area contributed by atoms with Crippen molar-refractivity contribution >= 4 is 70.5 Å². The topological polar surface area (TPSA) is 544 Å². The fraction of sp³-hybridized carbons (Fsp3) is 0.406. The largest absolute Gasteiger partial charge is 0.508 e. The lowest BCUT2D eigenvalue weighted by Crippen LogP contribution is -2.64. The molecule has 11 bridgehead atoms. The number of aliphatic hydroxyl groups is 6. The molecule has 33 nitrogen and oxygen atoms in total. The van der Waals surface area contributed by atoms with Gasteiger partial charge in [-0.15, -0.1) is 0 Å². The van der Waals surface area contributed by atoms with Crippen LogP contribution in [0.4, 0.5) is 0 Å². The summed E-state index contributed by atoms with van der Waals surface area (Å²) in [5.74, 6) is -16.2. The fourth-order valence-corrected chi connectivity index (χ4v) is 12.6. The zero-order valence-corrected chi connectivity index (χ0v) is 54.0. The van der Waals surface area contributed by atoms with Crippen LogP contribution < -0.4 is 63.3 Å². The van der Waals surface area contributed by atoms with Crippen LogP contribution in [0.1, 0.15) is 105 Å². The number of nitrogens with two attached hydrogens (primary N) is 3. The lowest BCUT2D eigenvalue weighted by Gasteiger charge is -2.47. The summed E-state index contributed by atoms with van der Waals surface area (Å²) in [7, 11) is 0. The number of benzene rings is 5. The van der Waals surface area contributed by atoms with E-state index in [9.17, 15) is 75.0 Å². The number of hydrogen-bond acceptors (Lipinski definition) is 25. The zero-order valence-electron chi connectivity index (χ0n) is 52.5. The number of halogens is 2.